The van der Waals surface area contributed by atoms with Crippen LogP contribution in [0.25, 0.3) is 0 Å². The van der Waals surface area contributed by atoms with Gasteiger partial charge in [0.05, 0.1) is 24.3 Å². The minimum Gasteiger partial charge on any atom is -0.369 e. The van der Waals surface area contributed by atoms with Gasteiger partial charge in [0, 0.05) is 13.6 Å². The highest BCUT2D eigenvalue weighted by atomic mass is 19.1. The van der Waals surface area contributed by atoms with E-state index in [0.717, 1.165) is 0 Å². The van der Waals surface area contributed by atoms with E-state index < -0.39 is 5.82 Å². The van der Waals surface area contributed by atoms with Crippen molar-refractivity contribution in [3.8, 4) is 0 Å². The second kappa shape index (κ2) is 8.44. The Labute approximate surface area is 173 Å². The number of carbonyl (C=O) groups is 1. The van der Waals surface area contributed by atoms with Gasteiger partial charge in [-0.1, -0.05) is 30.3 Å². The number of amides is 1. The van der Waals surface area contributed by atoms with Crippen molar-refractivity contribution in [2.45, 2.75) is 13.0 Å². The average Bonchev–Trinajstić information content (AvgIpc) is 2.86. The van der Waals surface area contributed by atoms with Crippen LogP contribution in [-0.2, 0) is 17.8 Å². The maximum absolute atomic E-state index is 14.4. The van der Waals surface area contributed by atoms with Gasteiger partial charge in [-0.25, -0.2) is 18.7 Å². The molecular formula is C22H21F2N5O. The maximum atomic E-state index is 14.4. The number of anilines is 3. The second-order valence-electron chi connectivity index (χ2n) is 7.08. The minimum atomic E-state index is -0.470. The van der Waals surface area contributed by atoms with Crippen LogP contribution in [0.1, 0.15) is 11.1 Å². The van der Waals surface area contributed by atoms with Crippen molar-refractivity contribution in [1.29, 1.82) is 0 Å². The van der Waals surface area contributed by atoms with Crippen molar-refractivity contribution in [1.82, 2.24) is 9.97 Å². The topological polar surface area (TPSA) is 61.4 Å². The molecular weight excluding hydrogens is 388 g/mol. The summed E-state index contributed by atoms with van der Waals surface area (Å²) in [4.78, 5) is 24.6. The number of para-hydroxylation sites is 1. The van der Waals surface area contributed by atoms with E-state index in [2.05, 4.69) is 15.3 Å². The fraction of sp³-hybridized carbons (Fsp3) is 0.227. The van der Waals surface area contributed by atoms with Crippen LogP contribution >= 0.6 is 0 Å². The predicted molar refractivity (Wildman–Crippen MR) is 111 cm³/mol. The van der Waals surface area contributed by atoms with E-state index in [1.54, 1.807) is 48.3 Å². The molecule has 1 aliphatic heterocycles. The molecule has 0 saturated heterocycles. The smallest absolute Gasteiger partial charge is 0.246 e. The lowest BCUT2D eigenvalue weighted by atomic mass is 10.1. The van der Waals surface area contributed by atoms with Gasteiger partial charge in [0.2, 0.25) is 5.91 Å². The van der Waals surface area contributed by atoms with Gasteiger partial charge in [-0.3, -0.25) is 4.79 Å². The number of halogens is 2. The van der Waals surface area contributed by atoms with Crippen LogP contribution in [0, 0.1) is 11.6 Å². The first-order chi connectivity index (χ1) is 14.5. The lowest BCUT2D eigenvalue weighted by Gasteiger charge is -2.22. The molecule has 6 nitrogen and oxygen atoms in total. The molecule has 2 aromatic carbocycles. The van der Waals surface area contributed by atoms with Crippen LogP contribution in [-0.4, -0.2) is 36.0 Å². The SMILES string of the molecule is CN1CC(=O)N(c2ccccc2F)Cc2c(NCCc3ccccc3F)ncnc21. The molecule has 1 N–H and O–H groups in total. The van der Waals surface area contributed by atoms with E-state index in [-0.39, 0.29) is 30.5 Å². The Morgan fingerprint density at radius 3 is 2.50 bits per heavy atom. The number of nitrogens with zero attached hydrogens (tertiary/aromatic N) is 4. The summed E-state index contributed by atoms with van der Waals surface area (Å²) >= 11 is 0. The van der Waals surface area contributed by atoms with Gasteiger partial charge in [-0.05, 0) is 30.2 Å². The van der Waals surface area contributed by atoms with E-state index in [9.17, 15) is 13.6 Å². The zero-order valence-electron chi connectivity index (χ0n) is 16.5. The second-order valence-corrected chi connectivity index (χ2v) is 7.08. The Hall–Kier alpha value is -3.55. The Morgan fingerprint density at radius 1 is 1.00 bits per heavy atom. The standard InChI is InChI=1S/C22H21F2N5O/c1-28-13-20(30)29(19-9-5-4-8-18(19)24)12-16-21(26-14-27-22(16)28)25-11-10-15-6-2-3-7-17(15)23/h2-9,14H,10-13H2,1H3,(H,25,26,27). The van der Waals surface area contributed by atoms with Gasteiger partial charge in [-0.15, -0.1) is 0 Å². The molecule has 0 radical (unpaired) electrons. The molecule has 1 aliphatic rings. The molecule has 3 aromatic rings. The average molecular weight is 409 g/mol. The number of nitrogens with one attached hydrogen (secondary N) is 1. The molecule has 0 aliphatic carbocycles. The maximum Gasteiger partial charge on any atom is 0.246 e. The Bertz CT molecular complexity index is 1070. The molecule has 0 spiro atoms. The minimum absolute atomic E-state index is 0.0625. The number of rotatable bonds is 5. The molecule has 0 unspecified atom stereocenters. The van der Waals surface area contributed by atoms with Gasteiger partial charge in [-0.2, -0.15) is 0 Å². The predicted octanol–water partition coefficient (Wildman–Crippen LogP) is 3.39. The van der Waals surface area contributed by atoms with Crippen LogP contribution in [0.15, 0.2) is 54.9 Å². The zero-order valence-corrected chi connectivity index (χ0v) is 16.5. The third kappa shape index (κ3) is 3.94. The highest BCUT2D eigenvalue weighted by molar-refractivity contribution is 5.98. The number of hydrogen-bond acceptors (Lipinski definition) is 5. The van der Waals surface area contributed by atoms with E-state index >= 15 is 0 Å². The zero-order chi connectivity index (χ0) is 21.1. The third-order valence-electron chi connectivity index (χ3n) is 5.06. The number of aromatic nitrogens is 2. The van der Waals surface area contributed by atoms with Crippen LogP contribution in [0.4, 0.5) is 26.1 Å². The summed E-state index contributed by atoms with van der Waals surface area (Å²) in [6.45, 7) is 0.636. The first kappa shape index (κ1) is 19.8. The normalized spacial score (nSPS) is 13.8. The van der Waals surface area contributed by atoms with Crippen LogP contribution in [0.5, 0.6) is 0 Å². The fourth-order valence-electron chi connectivity index (χ4n) is 3.55. The van der Waals surface area contributed by atoms with Crippen LogP contribution in [0.3, 0.4) is 0 Å². The molecule has 4 rings (SSSR count). The lowest BCUT2D eigenvalue weighted by Crippen LogP contribution is -2.36. The molecule has 0 bridgehead atoms. The fourth-order valence-corrected chi connectivity index (χ4v) is 3.55. The summed E-state index contributed by atoms with van der Waals surface area (Å²) in [6.07, 6.45) is 1.89. The Balaban J connectivity index is 1.61. The molecule has 1 amide bonds. The largest absolute Gasteiger partial charge is 0.369 e. The lowest BCUT2D eigenvalue weighted by molar-refractivity contribution is -0.117. The molecule has 0 fully saturated rings. The van der Waals surface area contributed by atoms with Crippen molar-refractivity contribution in [2.75, 3.05) is 35.3 Å². The number of carbonyl (C=O) groups excluding carboxylic acids is 1. The van der Waals surface area contributed by atoms with E-state index in [0.29, 0.717) is 35.7 Å². The molecule has 154 valence electrons. The van der Waals surface area contributed by atoms with E-state index in [4.69, 9.17) is 0 Å². The number of benzene rings is 2. The molecule has 8 heteroatoms. The summed E-state index contributed by atoms with van der Waals surface area (Å²) in [5.74, 6) is 0.183. The Kier molecular flexibility index (Phi) is 5.56. The molecule has 30 heavy (non-hydrogen) atoms. The summed E-state index contributed by atoms with van der Waals surface area (Å²) in [6, 6.07) is 12.8. The molecule has 0 saturated carbocycles. The quantitative estimate of drug-likeness (QED) is 0.700. The summed E-state index contributed by atoms with van der Waals surface area (Å²) in [5, 5.41) is 3.22. The first-order valence-corrected chi connectivity index (χ1v) is 9.62. The van der Waals surface area contributed by atoms with E-state index in [1.807, 2.05) is 0 Å². The van der Waals surface area contributed by atoms with Crippen LogP contribution < -0.4 is 15.1 Å². The van der Waals surface area contributed by atoms with Crippen molar-refractivity contribution in [2.24, 2.45) is 0 Å². The molecule has 1 aromatic heterocycles. The van der Waals surface area contributed by atoms with Crippen molar-refractivity contribution in [3.05, 3.63) is 77.6 Å². The summed E-state index contributed by atoms with van der Waals surface area (Å²) in [5.41, 5.74) is 1.50. The summed E-state index contributed by atoms with van der Waals surface area (Å²) < 4.78 is 28.3. The Morgan fingerprint density at radius 2 is 1.73 bits per heavy atom. The van der Waals surface area contributed by atoms with E-state index in [1.165, 1.54) is 23.4 Å². The number of hydrogen-bond donors (Lipinski definition) is 1. The van der Waals surface area contributed by atoms with Crippen molar-refractivity contribution >= 4 is 23.2 Å². The van der Waals surface area contributed by atoms with Crippen molar-refractivity contribution < 1.29 is 13.6 Å². The van der Waals surface area contributed by atoms with Gasteiger partial charge in [0.15, 0.2) is 0 Å². The van der Waals surface area contributed by atoms with Gasteiger partial charge in [0.25, 0.3) is 0 Å². The third-order valence-corrected chi connectivity index (χ3v) is 5.06. The van der Waals surface area contributed by atoms with Crippen molar-refractivity contribution in [3.63, 3.8) is 0 Å². The van der Waals surface area contributed by atoms with Gasteiger partial charge >= 0.3 is 0 Å². The molecule has 0 atom stereocenters. The highest BCUT2D eigenvalue weighted by Gasteiger charge is 2.29. The number of likely N-dealkylation sites (N-methyl/N-ethyl adjacent to an activating group) is 1. The van der Waals surface area contributed by atoms with Gasteiger partial charge < -0.3 is 15.1 Å². The number of fused-ring (bicyclic) bond motifs is 1. The van der Waals surface area contributed by atoms with Gasteiger partial charge in [0.1, 0.15) is 29.6 Å². The first-order valence-electron chi connectivity index (χ1n) is 9.62. The van der Waals surface area contributed by atoms with Crippen LogP contribution in [0.2, 0.25) is 0 Å². The molecule has 2 heterocycles. The highest BCUT2D eigenvalue weighted by Crippen LogP contribution is 2.31. The summed E-state index contributed by atoms with van der Waals surface area (Å²) in [7, 11) is 1.76. The monoisotopic (exact) mass is 409 g/mol.